The van der Waals surface area contributed by atoms with Crippen LogP contribution in [0.1, 0.15) is 33.4 Å². The monoisotopic (exact) mass is 438 g/mol. The Balaban J connectivity index is 1.72. The van der Waals surface area contributed by atoms with Gasteiger partial charge in [0.25, 0.3) is 0 Å². The van der Waals surface area contributed by atoms with Crippen LogP contribution in [0.5, 0.6) is 0 Å². The van der Waals surface area contributed by atoms with Crippen LogP contribution in [0.3, 0.4) is 0 Å². The molecule has 0 aliphatic rings. The predicted octanol–water partition coefficient (Wildman–Crippen LogP) is 8.05. The molecule has 0 unspecified atom stereocenters. The summed E-state index contributed by atoms with van der Waals surface area (Å²) in [4.78, 5) is 0. The Morgan fingerprint density at radius 3 is 1.32 bits per heavy atom. The van der Waals surface area contributed by atoms with Crippen LogP contribution in [0.4, 0.5) is 0 Å². The highest BCUT2D eigenvalue weighted by molar-refractivity contribution is 5.49. The van der Waals surface area contributed by atoms with Gasteiger partial charge >= 0.3 is 0 Å². The van der Waals surface area contributed by atoms with Crippen LogP contribution < -0.4 is 0 Å². The van der Waals surface area contributed by atoms with Crippen molar-refractivity contribution in [3.8, 4) is 0 Å². The Labute approximate surface area is 203 Å². The minimum absolute atomic E-state index is 0.185. The fourth-order valence-corrected chi connectivity index (χ4v) is 5.22. The number of hydrogen-bond donors (Lipinski definition) is 0. The van der Waals surface area contributed by atoms with Crippen LogP contribution >= 0.6 is 0 Å². The molecule has 0 aliphatic heterocycles. The van der Waals surface area contributed by atoms with E-state index in [4.69, 9.17) is 0 Å². The average molecular weight is 439 g/mol. The van der Waals surface area contributed by atoms with Gasteiger partial charge in [0.1, 0.15) is 0 Å². The van der Waals surface area contributed by atoms with Gasteiger partial charge in [-0.2, -0.15) is 0 Å². The van der Waals surface area contributed by atoms with E-state index >= 15 is 0 Å². The zero-order valence-corrected chi connectivity index (χ0v) is 19.5. The fraction of sp³-hybridized carbons (Fsp3) is 0.118. The molecule has 0 atom stereocenters. The summed E-state index contributed by atoms with van der Waals surface area (Å²) in [6, 6.07) is 52.9. The summed E-state index contributed by atoms with van der Waals surface area (Å²) in [6.07, 6.45) is 2.81. The zero-order chi connectivity index (χ0) is 23.1. The SMILES string of the molecule is c1ccc(Cc2ccccc2C(Cc2ccccc2)(Cc2ccccc2)c2ccccc2)cc1. The van der Waals surface area contributed by atoms with Crippen LogP contribution in [0.2, 0.25) is 0 Å². The first-order valence-corrected chi connectivity index (χ1v) is 12.1. The number of benzene rings is 5. The van der Waals surface area contributed by atoms with Gasteiger partial charge in [0, 0.05) is 5.41 Å². The van der Waals surface area contributed by atoms with E-state index in [0.29, 0.717) is 0 Å². The van der Waals surface area contributed by atoms with Gasteiger partial charge in [-0.15, -0.1) is 0 Å². The first-order chi connectivity index (χ1) is 16.8. The number of hydrogen-bond acceptors (Lipinski definition) is 0. The topological polar surface area (TPSA) is 0 Å². The van der Waals surface area contributed by atoms with Crippen molar-refractivity contribution in [3.05, 3.63) is 179 Å². The summed E-state index contributed by atoms with van der Waals surface area (Å²) in [6.45, 7) is 0. The third-order valence-corrected chi connectivity index (χ3v) is 6.79. The molecule has 5 aromatic carbocycles. The van der Waals surface area contributed by atoms with Gasteiger partial charge in [-0.1, -0.05) is 146 Å². The van der Waals surface area contributed by atoms with Gasteiger partial charge < -0.3 is 0 Å². The molecule has 0 amide bonds. The van der Waals surface area contributed by atoms with E-state index < -0.39 is 0 Å². The van der Waals surface area contributed by atoms with Crippen molar-refractivity contribution in [1.82, 2.24) is 0 Å². The molecule has 0 bridgehead atoms. The molecule has 34 heavy (non-hydrogen) atoms. The van der Waals surface area contributed by atoms with Crippen molar-refractivity contribution in [1.29, 1.82) is 0 Å². The van der Waals surface area contributed by atoms with E-state index in [9.17, 15) is 0 Å². The summed E-state index contributed by atoms with van der Waals surface area (Å²) in [5.74, 6) is 0. The maximum Gasteiger partial charge on any atom is 0.0286 e. The summed E-state index contributed by atoms with van der Waals surface area (Å²) < 4.78 is 0. The second-order valence-electron chi connectivity index (χ2n) is 9.09. The lowest BCUT2D eigenvalue weighted by atomic mass is 9.65. The molecule has 0 spiro atoms. The molecule has 0 saturated heterocycles. The van der Waals surface area contributed by atoms with Crippen LogP contribution in [0.15, 0.2) is 146 Å². The van der Waals surface area contributed by atoms with Gasteiger partial charge in [0.05, 0.1) is 0 Å². The van der Waals surface area contributed by atoms with Crippen molar-refractivity contribution >= 4 is 0 Å². The van der Waals surface area contributed by atoms with Gasteiger partial charge in [-0.3, -0.25) is 0 Å². The smallest absolute Gasteiger partial charge is 0.0286 e. The molecule has 0 aromatic heterocycles. The van der Waals surface area contributed by atoms with Crippen molar-refractivity contribution in [2.45, 2.75) is 24.7 Å². The maximum atomic E-state index is 2.36. The third kappa shape index (κ3) is 4.87. The van der Waals surface area contributed by atoms with Gasteiger partial charge in [-0.25, -0.2) is 0 Å². The fourth-order valence-electron chi connectivity index (χ4n) is 5.22. The highest BCUT2D eigenvalue weighted by Crippen LogP contribution is 2.41. The van der Waals surface area contributed by atoms with Crippen molar-refractivity contribution in [3.63, 3.8) is 0 Å². The second kappa shape index (κ2) is 10.4. The van der Waals surface area contributed by atoms with Crippen molar-refractivity contribution < 1.29 is 0 Å². The maximum absolute atomic E-state index is 2.36. The first-order valence-electron chi connectivity index (χ1n) is 12.1. The van der Waals surface area contributed by atoms with Gasteiger partial charge in [0.2, 0.25) is 0 Å². The molecule has 5 aromatic rings. The molecule has 0 heteroatoms. The first kappa shape index (κ1) is 21.9. The molecular weight excluding hydrogens is 408 g/mol. The molecule has 0 nitrogen and oxygen atoms in total. The van der Waals surface area contributed by atoms with Gasteiger partial charge in [0.15, 0.2) is 0 Å². The lowest BCUT2D eigenvalue weighted by molar-refractivity contribution is 0.502. The number of rotatable bonds is 8. The van der Waals surface area contributed by atoms with E-state index in [-0.39, 0.29) is 5.41 Å². The van der Waals surface area contributed by atoms with E-state index in [1.54, 1.807) is 0 Å². The third-order valence-electron chi connectivity index (χ3n) is 6.79. The summed E-state index contributed by atoms with van der Waals surface area (Å²) in [7, 11) is 0. The van der Waals surface area contributed by atoms with Crippen LogP contribution in [0, 0.1) is 0 Å². The Morgan fingerprint density at radius 1 is 0.382 bits per heavy atom. The largest absolute Gasteiger partial charge is 0.0622 e. The standard InChI is InChI=1S/C34H30/c1-5-15-28(16-6-1)25-31-21-13-14-24-33(31)34(32-22-11-4-12-23-32,26-29-17-7-2-8-18-29)27-30-19-9-3-10-20-30/h1-24H,25-27H2. The predicted molar refractivity (Wildman–Crippen MR) is 143 cm³/mol. The van der Waals surface area contributed by atoms with Crippen molar-refractivity contribution in [2.75, 3.05) is 0 Å². The summed E-state index contributed by atoms with van der Waals surface area (Å²) in [5, 5.41) is 0. The molecule has 0 heterocycles. The highest BCUT2D eigenvalue weighted by Gasteiger charge is 2.36. The average Bonchev–Trinajstić information content (AvgIpc) is 2.91. The van der Waals surface area contributed by atoms with E-state index in [2.05, 4.69) is 146 Å². The van der Waals surface area contributed by atoms with Crippen LogP contribution in [-0.4, -0.2) is 0 Å². The molecular formula is C34H30. The normalized spacial score (nSPS) is 11.3. The Bertz CT molecular complexity index is 1250. The summed E-state index contributed by atoms with van der Waals surface area (Å²) in [5.41, 5.74) is 8.05. The Morgan fingerprint density at radius 2 is 0.794 bits per heavy atom. The van der Waals surface area contributed by atoms with Crippen LogP contribution in [-0.2, 0) is 24.7 Å². The Hall–Kier alpha value is -3.90. The molecule has 0 fully saturated rings. The van der Waals surface area contributed by atoms with E-state index in [0.717, 1.165) is 19.3 Å². The second-order valence-corrected chi connectivity index (χ2v) is 9.09. The highest BCUT2D eigenvalue weighted by atomic mass is 14.4. The molecule has 0 radical (unpaired) electrons. The molecule has 0 saturated carbocycles. The molecule has 0 aliphatic carbocycles. The Kier molecular flexibility index (Phi) is 6.68. The van der Waals surface area contributed by atoms with E-state index in [1.807, 2.05) is 0 Å². The lowest BCUT2D eigenvalue weighted by Gasteiger charge is -2.37. The molecule has 5 rings (SSSR count). The summed E-state index contributed by atoms with van der Waals surface area (Å²) >= 11 is 0. The van der Waals surface area contributed by atoms with Crippen LogP contribution in [0.25, 0.3) is 0 Å². The minimum atomic E-state index is -0.185. The zero-order valence-electron chi connectivity index (χ0n) is 19.5. The molecule has 0 N–H and O–H groups in total. The quantitative estimate of drug-likeness (QED) is 0.230. The lowest BCUT2D eigenvalue weighted by Crippen LogP contribution is -2.34. The molecule has 166 valence electrons. The minimum Gasteiger partial charge on any atom is -0.0622 e. The van der Waals surface area contributed by atoms with Gasteiger partial charge in [-0.05, 0) is 52.6 Å². The van der Waals surface area contributed by atoms with Crippen molar-refractivity contribution in [2.24, 2.45) is 0 Å². The van der Waals surface area contributed by atoms with E-state index in [1.165, 1.54) is 33.4 Å².